The van der Waals surface area contributed by atoms with E-state index in [2.05, 4.69) is 66.8 Å². The minimum absolute atomic E-state index is 0.293. The summed E-state index contributed by atoms with van der Waals surface area (Å²) in [5.74, 6) is 0.705. The van der Waals surface area contributed by atoms with Gasteiger partial charge in [0.15, 0.2) is 11.5 Å². The monoisotopic (exact) mass is 617 g/mol. The van der Waals surface area contributed by atoms with Crippen molar-refractivity contribution < 1.29 is 14.3 Å². The highest BCUT2D eigenvalue weighted by Gasteiger charge is 2.19. The van der Waals surface area contributed by atoms with Gasteiger partial charge in [-0.05, 0) is 60.7 Å². The van der Waals surface area contributed by atoms with Crippen LogP contribution < -0.4 is 25.8 Å². The van der Waals surface area contributed by atoms with E-state index in [-0.39, 0.29) is 5.91 Å². The predicted molar refractivity (Wildman–Crippen MR) is 181 cm³/mol. The number of hydrogen-bond donors (Lipinski definition) is 4. The van der Waals surface area contributed by atoms with Gasteiger partial charge in [-0.15, -0.1) is 0 Å². The molecule has 0 aliphatic carbocycles. The van der Waals surface area contributed by atoms with Crippen LogP contribution in [0.15, 0.2) is 85.5 Å². The fourth-order valence-electron chi connectivity index (χ4n) is 5.67. The second-order valence-electron chi connectivity index (χ2n) is 11.0. The highest BCUT2D eigenvalue weighted by atomic mass is 16.5. The molecule has 5 aromatic rings. The van der Waals surface area contributed by atoms with E-state index in [0.717, 1.165) is 73.1 Å². The van der Waals surface area contributed by atoms with E-state index in [9.17, 15) is 4.79 Å². The number of carbonyl (C=O) groups is 1. The molecule has 0 radical (unpaired) electrons. The van der Waals surface area contributed by atoms with Gasteiger partial charge < -0.3 is 35.2 Å². The second-order valence-corrected chi connectivity index (χ2v) is 11.0. The molecule has 2 fully saturated rings. The molecule has 2 aliphatic rings. The van der Waals surface area contributed by atoms with Gasteiger partial charge in [-0.2, -0.15) is 10.1 Å². The number of anilines is 7. The van der Waals surface area contributed by atoms with E-state index in [1.165, 1.54) is 6.08 Å². The first-order chi connectivity index (χ1) is 22.6. The van der Waals surface area contributed by atoms with Crippen molar-refractivity contribution in [1.82, 2.24) is 20.2 Å². The molecule has 7 rings (SSSR count). The highest BCUT2D eigenvalue weighted by Crippen LogP contribution is 2.35. The number of benzene rings is 3. The maximum atomic E-state index is 12.1. The van der Waals surface area contributed by atoms with Crippen LogP contribution in [0.4, 0.5) is 40.2 Å². The maximum absolute atomic E-state index is 12.1. The fraction of sp³-hybridized carbons (Fsp3) is 0.235. The zero-order valence-corrected chi connectivity index (χ0v) is 25.3. The number of nitrogens with zero attached hydrogens (tertiary/aromatic N) is 5. The summed E-state index contributed by atoms with van der Waals surface area (Å²) in [7, 11) is 0. The number of ether oxygens (including phenoxy) is 2. The highest BCUT2D eigenvalue weighted by molar-refractivity contribution is 6.02. The first-order valence-corrected chi connectivity index (χ1v) is 15.3. The van der Waals surface area contributed by atoms with Gasteiger partial charge in [-0.3, -0.25) is 9.89 Å². The number of fused-ring (bicyclic) bond motifs is 1. The van der Waals surface area contributed by atoms with Crippen molar-refractivity contribution in [2.24, 2.45) is 0 Å². The Morgan fingerprint density at radius 1 is 0.783 bits per heavy atom. The van der Waals surface area contributed by atoms with Gasteiger partial charge in [-0.1, -0.05) is 24.8 Å². The van der Waals surface area contributed by atoms with Crippen LogP contribution in [-0.2, 0) is 14.3 Å². The lowest BCUT2D eigenvalue weighted by Crippen LogP contribution is -2.36. The molecule has 0 atom stereocenters. The lowest BCUT2D eigenvalue weighted by molar-refractivity contribution is -0.111. The zero-order chi connectivity index (χ0) is 31.3. The maximum Gasteiger partial charge on any atom is 0.247 e. The summed E-state index contributed by atoms with van der Waals surface area (Å²) < 4.78 is 11.0. The van der Waals surface area contributed by atoms with Crippen molar-refractivity contribution >= 4 is 57.1 Å². The summed E-state index contributed by atoms with van der Waals surface area (Å²) in [5.41, 5.74) is 6.61. The largest absolute Gasteiger partial charge is 0.378 e. The minimum Gasteiger partial charge on any atom is -0.378 e. The number of aromatic amines is 1. The molecule has 0 saturated carbocycles. The van der Waals surface area contributed by atoms with Crippen LogP contribution in [0.25, 0.3) is 22.3 Å². The Kier molecular flexibility index (Phi) is 8.44. The van der Waals surface area contributed by atoms with Gasteiger partial charge in [0, 0.05) is 60.2 Å². The Morgan fingerprint density at radius 2 is 1.48 bits per heavy atom. The van der Waals surface area contributed by atoms with Crippen molar-refractivity contribution in [3.05, 3.63) is 85.5 Å². The van der Waals surface area contributed by atoms with E-state index >= 15 is 0 Å². The number of carbonyl (C=O) groups excluding carboxylic acids is 1. The quantitative estimate of drug-likeness (QED) is 0.162. The lowest BCUT2D eigenvalue weighted by Gasteiger charge is -2.29. The SMILES string of the molecule is C=CC(=O)Nc1cccc(-c2nc(Nc3cccc(N4CCOCC4)c3)nc3[nH]nc(Nc4ccc(N5CCOCC5)cc4)c23)c1. The molecule has 46 heavy (non-hydrogen) atoms. The van der Waals surface area contributed by atoms with Crippen LogP contribution in [0.1, 0.15) is 0 Å². The van der Waals surface area contributed by atoms with Crippen LogP contribution in [0.3, 0.4) is 0 Å². The lowest BCUT2D eigenvalue weighted by atomic mass is 10.1. The van der Waals surface area contributed by atoms with Crippen molar-refractivity contribution in [3.63, 3.8) is 0 Å². The molecule has 4 heterocycles. The average molecular weight is 618 g/mol. The Labute approximate surface area is 266 Å². The molecule has 0 bridgehead atoms. The average Bonchev–Trinajstić information content (AvgIpc) is 3.51. The molecule has 4 N–H and O–H groups in total. The third-order valence-electron chi connectivity index (χ3n) is 7.99. The summed E-state index contributed by atoms with van der Waals surface area (Å²) >= 11 is 0. The summed E-state index contributed by atoms with van der Waals surface area (Å²) in [6.07, 6.45) is 1.24. The summed E-state index contributed by atoms with van der Waals surface area (Å²) in [6.45, 7) is 9.88. The number of aromatic nitrogens is 4. The number of rotatable bonds is 9. The molecule has 3 aromatic carbocycles. The van der Waals surface area contributed by atoms with E-state index < -0.39 is 0 Å². The molecule has 0 unspecified atom stereocenters. The van der Waals surface area contributed by atoms with Crippen molar-refractivity contribution in [3.8, 4) is 11.3 Å². The third kappa shape index (κ3) is 6.48. The van der Waals surface area contributed by atoms with Crippen molar-refractivity contribution in [2.45, 2.75) is 0 Å². The van der Waals surface area contributed by atoms with Crippen LogP contribution >= 0.6 is 0 Å². The van der Waals surface area contributed by atoms with Crippen LogP contribution in [0.2, 0.25) is 0 Å². The first-order valence-electron chi connectivity index (χ1n) is 15.3. The Bertz CT molecular complexity index is 1850. The topological polar surface area (TPSA) is 133 Å². The summed E-state index contributed by atoms with van der Waals surface area (Å²) in [5, 5.41) is 18.1. The minimum atomic E-state index is -0.293. The Morgan fingerprint density at radius 3 is 2.22 bits per heavy atom. The van der Waals surface area contributed by atoms with Crippen molar-refractivity contribution in [2.75, 3.05) is 78.4 Å². The smallest absolute Gasteiger partial charge is 0.247 e. The number of morpholine rings is 2. The van der Waals surface area contributed by atoms with E-state index in [4.69, 9.17) is 19.4 Å². The molecular weight excluding hydrogens is 582 g/mol. The Balaban J connectivity index is 1.23. The zero-order valence-electron chi connectivity index (χ0n) is 25.3. The van der Waals surface area contributed by atoms with Gasteiger partial charge in [0.2, 0.25) is 11.9 Å². The van der Waals surface area contributed by atoms with E-state index in [1.807, 2.05) is 48.5 Å². The molecule has 12 nitrogen and oxygen atoms in total. The molecule has 2 aromatic heterocycles. The van der Waals surface area contributed by atoms with Crippen molar-refractivity contribution in [1.29, 1.82) is 0 Å². The Hall–Kier alpha value is -5.46. The molecule has 234 valence electrons. The number of hydrogen-bond acceptors (Lipinski definition) is 10. The van der Waals surface area contributed by atoms with Gasteiger partial charge in [0.05, 0.1) is 37.5 Å². The number of nitrogens with one attached hydrogen (secondary N) is 4. The molecule has 1 amide bonds. The second kappa shape index (κ2) is 13.3. The summed E-state index contributed by atoms with van der Waals surface area (Å²) in [6, 6.07) is 24.0. The third-order valence-corrected chi connectivity index (χ3v) is 7.99. The molecular formula is C34H35N9O3. The molecule has 0 spiro atoms. The molecule has 2 saturated heterocycles. The van der Waals surface area contributed by atoms with Gasteiger partial charge >= 0.3 is 0 Å². The summed E-state index contributed by atoms with van der Waals surface area (Å²) in [4.78, 5) is 26.5. The molecule has 2 aliphatic heterocycles. The first kappa shape index (κ1) is 29.3. The number of amides is 1. The van der Waals surface area contributed by atoms with Crippen LogP contribution in [0.5, 0.6) is 0 Å². The molecule has 12 heteroatoms. The predicted octanol–water partition coefficient (Wildman–Crippen LogP) is 5.30. The van der Waals surface area contributed by atoms with Gasteiger partial charge in [0.25, 0.3) is 0 Å². The van der Waals surface area contributed by atoms with Gasteiger partial charge in [0.1, 0.15) is 0 Å². The van der Waals surface area contributed by atoms with Gasteiger partial charge in [-0.25, -0.2) is 4.98 Å². The van der Waals surface area contributed by atoms with Crippen LogP contribution in [-0.4, -0.2) is 78.7 Å². The van der Waals surface area contributed by atoms with Crippen LogP contribution in [0, 0.1) is 0 Å². The fourth-order valence-corrected chi connectivity index (χ4v) is 5.67. The normalized spacial score (nSPS) is 15.0. The standard InChI is InChI=1S/C34H35N9O3/c1-2-29(44)35-25-6-3-5-23(21-25)31-30-32(36-24-9-11-27(12-10-24)42-13-17-45-18-14-42)40-41-33(30)39-34(38-31)37-26-7-4-8-28(22-26)43-15-19-46-20-16-43/h2-12,21-22H,1,13-20H2,(H,35,44)(H3,36,37,38,39,40,41). The number of H-pyrrole nitrogens is 1. The van der Waals surface area contributed by atoms with E-state index in [0.29, 0.717) is 42.0 Å². The van der Waals surface area contributed by atoms with E-state index in [1.54, 1.807) is 0 Å².